The summed E-state index contributed by atoms with van der Waals surface area (Å²) in [4.78, 5) is 12.8. The van der Waals surface area contributed by atoms with E-state index in [4.69, 9.17) is 16.7 Å². The number of aromatic carboxylic acids is 1. The molecule has 0 unspecified atom stereocenters. The van der Waals surface area contributed by atoms with Gasteiger partial charge in [0.05, 0.1) is 10.6 Å². The van der Waals surface area contributed by atoms with Crippen LogP contribution in [0.4, 0.5) is 0 Å². The number of halogens is 1. The van der Waals surface area contributed by atoms with Gasteiger partial charge in [-0.15, -0.1) is 0 Å². The fourth-order valence-electron chi connectivity index (χ4n) is 1.41. The van der Waals surface area contributed by atoms with Crippen LogP contribution >= 0.6 is 23.4 Å². The van der Waals surface area contributed by atoms with Gasteiger partial charge in [-0.05, 0) is 24.3 Å². The van der Waals surface area contributed by atoms with Crippen molar-refractivity contribution in [2.24, 2.45) is 0 Å². The molecule has 0 aliphatic rings. The van der Waals surface area contributed by atoms with Crippen LogP contribution in [0.3, 0.4) is 0 Å². The monoisotopic (exact) mass is 264 g/mol. The molecule has 0 bridgehead atoms. The highest BCUT2D eigenvalue weighted by molar-refractivity contribution is 7.99. The van der Waals surface area contributed by atoms with Crippen molar-refractivity contribution in [1.29, 1.82) is 0 Å². The van der Waals surface area contributed by atoms with Crippen molar-refractivity contribution in [2.45, 2.75) is 9.79 Å². The van der Waals surface area contributed by atoms with Crippen LogP contribution in [0.5, 0.6) is 0 Å². The van der Waals surface area contributed by atoms with Crippen molar-refractivity contribution in [3.05, 3.63) is 59.1 Å². The summed E-state index contributed by atoms with van der Waals surface area (Å²) in [5.74, 6) is -1.01. The minimum atomic E-state index is -1.01. The highest BCUT2D eigenvalue weighted by Gasteiger charge is 2.14. The first-order valence-corrected chi connectivity index (χ1v) is 6.12. The lowest BCUT2D eigenvalue weighted by molar-refractivity contribution is 0.0693. The molecule has 0 saturated heterocycles. The molecular weight excluding hydrogens is 256 g/mol. The molecule has 2 aromatic rings. The molecule has 0 atom stereocenters. The van der Waals surface area contributed by atoms with E-state index in [1.165, 1.54) is 11.8 Å². The van der Waals surface area contributed by atoms with E-state index in [1.807, 2.05) is 30.3 Å². The Hall–Kier alpha value is -1.45. The molecule has 0 amide bonds. The van der Waals surface area contributed by atoms with E-state index in [0.717, 1.165) is 4.90 Å². The number of hydrogen-bond acceptors (Lipinski definition) is 2. The fraction of sp³-hybridized carbons (Fsp3) is 0. The molecule has 4 heteroatoms. The van der Waals surface area contributed by atoms with Crippen LogP contribution in [-0.4, -0.2) is 11.1 Å². The molecular formula is C13H9ClO2S. The van der Waals surface area contributed by atoms with Crippen LogP contribution in [0.15, 0.2) is 58.3 Å². The molecule has 0 spiro atoms. The predicted octanol–water partition coefficient (Wildman–Crippen LogP) is 4.19. The van der Waals surface area contributed by atoms with E-state index in [1.54, 1.807) is 18.2 Å². The third-order valence-electron chi connectivity index (χ3n) is 2.16. The van der Waals surface area contributed by atoms with Crippen LogP contribution in [0.25, 0.3) is 0 Å². The maximum Gasteiger partial charge on any atom is 0.338 e. The quantitative estimate of drug-likeness (QED) is 0.903. The molecule has 1 N–H and O–H groups in total. The Morgan fingerprint density at radius 2 is 1.76 bits per heavy atom. The van der Waals surface area contributed by atoms with Gasteiger partial charge in [0.15, 0.2) is 0 Å². The van der Waals surface area contributed by atoms with E-state index >= 15 is 0 Å². The van der Waals surface area contributed by atoms with E-state index < -0.39 is 5.97 Å². The summed E-state index contributed by atoms with van der Waals surface area (Å²) in [6.45, 7) is 0. The molecule has 2 rings (SSSR count). The third-order valence-corrected chi connectivity index (χ3v) is 3.54. The van der Waals surface area contributed by atoms with Gasteiger partial charge in [0.25, 0.3) is 0 Å². The number of rotatable bonds is 3. The van der Waals surface area contributed by atoms with Crippen molar-refractivity contribution >= 4 is 29.3 Å². The van der Waals surface area contributed by atoms with Crippen LogP contribution < -0.4 is 0 Å². The van der Waals surface area contributed by atoms with E-state index in [2.05, 4.69) is 0 Å². The second kappa shape index (κ2) is 5.25. The van der Waals surface area contributed by atoms with Crippen LogP contribution in [0, 0.1) is 0 Å². The second-order valence-electron chi connectivity index (χ2n) is 3.33. The summed E-state index contributed by atoms with van der Waals surface area (Å²) < 4.78 is 0. The lowest BCUT2D eigenvalue weighted by atomic mass is 10.2. The van der Waals surface area contributed by atoms with E-state index in [-0.39, 0.29) is 10.6 Å². The summed E-state index contributed by atoms with van der Waals surface area (Å²) >= 11 is 7.29. The molecule has 0 aliphatic heterocycles. The van der Waals surface area contributed by atoms with Gasteiger partial charge in [0, 0.05) is 9.79 Å². The van der Waals surface area contributed by atoms with Crippen LogP contribution in [0.2, 0.25) is 5.02 Å². The van der Waals surface area contributed by atoms with Gasteiger partial charge in [0.2, 0.25) is 0 Å². The minimum Gasteiger partial charge on any atom is -0.478 e. The summed E-state index contributed by atoms with van der Waals surface area (Å²) in [5, 5.41) is 9.39. The largest absolute Gasteiger partial charge is 0.478 e. The van der Waals surface area contributed by atoms with Crippen molar-refractivity contribution in [3.8, 4) is 0 Å². The Morgan fingerprint density at radius 1 is 1.06 bits per heavy atom. The van der Waals surface area contributed by atoms with Crippen molar-refractivity contribution in [2.75, 3.05) is 0 Å². The number of carboxylic acid groups (broad SMARTS) is 1. The minimum absolute atomic E-state index is 0.156. The normalized spacial score (nSPS) is 10.2. The predicted molar refractivity (Wildman–Crippen MR) is 69.0 cm³/mol. The lowest BCUT2D eigenvalue weighted by Gasteiger charge is -2.07. The van der Waals surface area contributed by atoms with Gasteiger partial charge < -0.3 is 5.11 Å². The van der Waals surface area contributed by atoms with Crippen LogP contribution in [-0.2, 0) is 0 Å². The van der Waals surface area contributed by atoms with Gasteiger partial charge >= 0.3 is 5.97 Å². The Labute approximate surface area is 108 Å². The average Bonchev–Trinajstić information content (AvgIpc) is 2.30. The Morgan fingerprint density at radius 3 is 2.41 bits per heavy atom. The molecule has 86 valence electrons. The molecule has 2 aromatic carbocycles. The van der Waals surface area contributed by atoms with Gasteiger partial charge in [0.1, 0.15) is 0 Å². The standard InChI is InChI=1S/C13H9ClO2S/c14-10-7-4-8-11(12(10)13(15)16)17-9-5-2-1-3-6-9/h1-8H,(H,15,16). The first-order valence-electron chi connectivity index (χ1n) is 4.93. The first kappa shape index (κ1) is 12.0. The maximum absolute atomic E-state index is 11.1. The van der Waals surface area contributed by atoms with E-state index in [9.17, 15) is 4.79 Å². The van der Waals surface area contributed by atoms with Crippen molar-refractivity contribution < 1.29 is 9.90 Å². The highest BCUT2D eigenvalue weighted by Crippen LogP contribution is 2.33. The number of benzene rings is 2. The molecule has 0 aromatic heterocycles. The number of carbonyl (C=O) groups is 1. The third kappa shape index (κ3) is 2.81. The number of hydrogen-bond donors (Lipinski definition) is 1. The highest BCUT2D eigenvalue weighted by atomic mass is 35.5. The zero-order valence-corrected chi connectivity index (χ0v) is 10.3. The zero-order valence-electron chi connectivity index (χ0n) is 8.76. The van der Waals surface area contributed by atoms with Crippen molar-refractivity contribution in [1.82, 2.24) is 0 Å². The van der Waals surface area contributed by atoms with Gasteiger partial charge in [-0.3, -0.25) is 0 Å². The van der Waals surface area contributed by atoms with Crippen LogP contribution in [0.1, 0.15) is 10.4 Å². The fourth-order valence-corrected chi connectivity index (χ4v) is 2.72. The summed E-state index contributed by atoms with van der Waals surface area (Å²) in [5.41, 5.74) is 0.156. The Balaban J connectivity index is 2.40. The molecule has 17 heavy (non-hydrogen) atoms. The van der Waals surface area contributed by atoms with Gasteiger partial charge in [-0.25, -0.2) is 4.79 Å². The molecule has 0 radical (unpaired) electrons. The number of carboxylic acids is 1. The van der Waals surface area contributed by atoms with Gasteiger partial charge in [-0.1, -0.05) is 47.6 Å². The average molecular weight is 265 g/mol. The Bertz CT molecular complexity index is 540. The zero-order chi connectivity index (χ0) is 12.3. The van der Waals surface area contributed by atoms with Crippen molar-refractivity contribution in [3.63, 3.8) is 0 Å². The Kier molecular flexibility index (Phi) is 3.71. The second-order valence-corrected chi connectivity index (χ2v) is 4.86. The molecule has 2 nitrogen and oxygen atoms in total. The topological polar surface area (TPSA) is 37.3 Å². The first-order chi connectivity index (χ1) is 8.18. The summed E-state index contributed by atoms with van der Waals surface area (Å²) in [7, 11) is 0. The maximum atomic E-state index is 11.1. The molecule has 0 saturated carbocycles. The van der Waals surface area contributed by atoms with E-state index in [0.29, 0.717) is 4.90 Å². The SMILES string of the molecule is O=C(O)c1c(Cl)cccc1Sc1ccccc1. The molecule has 0 aliphatic carbocycles. The molecule has 0 fully saturated rings. The molecule has 0 heterocycles. The smallest absolute Gasteiger partial charge is 0.338 e. The summed E-state index contributed by atoms with van der Waals surface area (Å²) in [6, 6.07) is 14.7. The van der Waals surface area contributed by atoms with Gasteiger partial charge in [-0.2, -0.15) is 0 Å². The summed E-state index contributed by atoms with van der Waals surface area (Å²) in [6.07, 6.45) is 0. The lowest BCUT2D eigenvalue weighted by Crippen LogP contribution is -1.99.